The number of aromatic nitrogens is 2. The number of halogens is 2. The van der Waals surface area contributed by atoms with Crippen LogP contribution in [0.3, 0.4) is 0 Å². The van der Waals surface area contributed by atoms with Gasteiger partial charge in [0.05, 0.1) is 21.8 Å². The molecule has 3 rings (SSSR count). The van der Waals surface area contributed by atoms with Gasteiger partial charge in [-0.25, -0.2) is 13.1 Å². The molecule has 1 aromatic carbocycles. The highest BCUT2D eigenvalue weighted by Gasteiger charge is 2.15. The van der Waals surface area contributed by atoms with Gasteiger partial charge in [0.1, 0.15) is 5.02 Å². The molecule has 0 amide bonds. The van der Waals surface area contributed by atoms with E-state index in [4.69, 9.17) is 23.2 Å². The molecule has 0 spiro atoms. The van der Waals surface area contributed by atoms with E-state index in [2.05, 4.69) is 15.9 Å². The van der Waals surface area contributed by atoms with Crippen LogP contribution in [0.15, 0.2) is 51.8 Å². The molecule has 9 heteroatoms. The van der Waals surface area contributed by atoms with Crippen molar-refractivity contribution in [3.63, 3.8) is 0 Å². The second kappa shape index (κ2) is 8.56. The summed E-state index contributed by atoms with van der Waals surface area (Å²) >= 11 is 11.6. The number of hydrogen-bond acceptors (Lipinski definition) is 4. The normalized spacial score (nSPS) is 14.8. The van der Waals surface area contributed by atoms with Crippen LogP contribution < -0.4 is 10.3 Å². The van der Waals surface area contributed by atoms with Gasteiger partial charge in [-0.2, -0.15) is 9.78 Å². The van der Waals surface area contributed by atoms with Crippen molar-refractivity contribution in [2.45, 2.75) is 37.0 Å². The number of rotatable bonds is 6. The zero-order valence-electron chi connectivity index (χ0n) is 14.5. The van der Waals surface area contributed by atoms with Crippen molar-refractivity contribution in [2.75, 3.05) is 6.54 Å². The molecule has 0 bridgehead atoms. The minimum absolute atomic E-state index is 0.0643. The standard InChI is InChI=1S/C18H19Cl2N3O3S/c19-16-12-21-23(18(24)17(16)20)14-6-8-15(9-7-14)27(25,26)22-11-10-13-4-2-1-3-5-13/h4,6-9,12,22H,1-3,5,10-11H2. The summed E-state index contributed by atoms with van der Waals surface area (Å²) in [4.78, 5) is 12.2. The average molecular weight is 428 g/mol. The Balaban J connectivity index is 1.71. The highest BCUT2D eigenvalue weighted by atomic mass is 35.5. The average Bonchev–Trinajstić information content (AvgIpc) is 2.67. The number of hydrogen-bond donors (Lipinski definition) is 1. The highest BCUT2D eigenvalue weighted by molar-refractivity contribution is 7.89. The lowest BCUT2D eigenvalue weighted by atomic mass is 9.97. The first kappa shape index (κ1) is 20.1. The Bertz CT molecular complexity index is 1020. The molecule has 1 aromatic heterocycles. The summed E-state index contributed by atoms with van der Waals surface area (Å²) in [5.74, 6) is 0. The molecule has 0 saturated carbocycles. The zero-order valence-corrected chi connectivity index (χ0v) is 16.8. The van der Waals surface area contributed by atoms with E-state index in [1.165, 1.54) is 48.9 Å². The third kappa shape index (κ3) is 4.79. The molecule has 2 aromatic rings. The number of sulfonamides is 1. The highest BCUT2D eigenvalue weighted by Crippen LogP contribution is 2.20. The molecule has 0 aliphatic heterocycles. The van der Waals surface area contributed by atoms with Crippen molar-refractivity contribution in [1.82, 2.24) is 14.5 Å². The van der Waals surface area contributed by atoms with Crippen LogP contribution >= 0.6 is 23.2 Å². The van der Waals surface area contributed by atoms with Gasteiger partial charge >= 0.3 is 0 Å². The Kier molecular flexibility index (Phi) is 6.37. The van der Waals surface area contributed by atoms with Crippen molar-refractivity contribution in [1.29, 1.82) is 0 Å². The quantitative estimate of drug-likeness (QED) is 0.712. The van der Waals surface area contributed by atoms with Gasteiger partial charge in [-0.3, -0.25) is 4.79 Å². The Morgan fingerprint density at radius 2 is 1.89 bits per heavy atom. The molecule has 6 nitrogen and oxygen atoms in total. The summed E-state index contributed by atoms with van der Waals surface area (Å²) in [6.45, 7) is 0.365. The molecule has 27 heavy (non-hydrogen) atoms. The lowest BCUT2D eigenvalue weighted by Crippen LogP contribution is -2.25. The van der Waals surface area contributed by atoms with Crippen LogP contribution in [-0.2, 0) is 10.0 Å². The van der Waals surface area contributed by atoms with Crippen LogP contribution in [0, 0.1) is 0 Å². The molecular formula is C18H19Cl2N3O3S. The predicted octanol–water partition coefficient (Wildman–Crippen LogP) is 3.71. The van der Waals surface area contributed by atoms with Crippen molar-refractivity contribution in [3.05, 3.63) is 62.5 Å². The SMILES string of the molecule is O=c1c(Cl)c(Cl)cnn1-c1ccc(S(=O)(=O)NCCC2=CCCCC2)cc1. The number of benzene rings is 1. The summed E-state index contributed by atoms with van der Waals surface area (Å²) < 4.78 is 28.5. The maximum atomic E-state index is 12.4. The zero-order chi connectivity index (χ0) is 19.4. The maximum Gasteiger partial charge on any atom is 0.291 e. The topological polar surface area (TPSA) is 81.1 Å². The molecule has 1 aliphatic rings. The predicted molar refractivity (Wildman–Crippen MR) is 106 cm³/mol. The smallest absolute Gasteiger partial charge is 0.266 e. The largest absolute Gasteiger partial charge is 0.291 e. The lowest BCUT2D eigenvalue weighted by molar-refractivity contribution is 0.579. The maximum absolute atomic E-state index is 12.4. The first-order valence-corrected chi connectivity index (χ1v) is 10.8. The van der Waals surface area contributed by atoms with Crippen LogP contribution in [0.4, 0.5) is 0 Å². The van der Waals surface area contributed by atoms with Gasteiger partial charge < -0.3 is 0 Å². The van der Waals surface area contributed by atoms with Gasteiger partial charge in [-0.15, -0.1) is 0 Å². The van der Waals surface area contributed by atoms with Crippen LogP contribution in [0.25, 0.3) is 5.69 Å². The van der Waals surface area contributed by atoms with Crippen molar-refractivity contribution >= 4 is 33.2 Å². The molecule has 0 unspecified atom stereocenters. The van der Waals surface area contributed by atoms with E-state index in [1.54, 1.807) is 0 Å². The molecule has 1 N–H and O–H groups in total. The van der Waals surface area contributed by atoms with Gasteiger partial charge in [0.25, 0.3) is 5.56 Å². The molecule has 1 aliphatic carbocycles. The number of allylic oxidation sites excluding steroid dienone is 1. The van der Waals surface area contributed by atoms with Crippen LogP contribution in [-0.4, -0.2) is 24.7 Å². The summed E-state index contributed by atoms with van der Waals surface area (Å²) in [6, 6.07) is 5.84. The summed E-state index contributed by atoms with van der Waals surface area (Å²) in [5.41, 5.74) is 1.13. The molecule has 0 saturated heterocycles. The molecule has 0 radical (unpaired) electrons. The van der Waals surface area contributed by atoms with Crippen molar-refractivity contribution < 1.29 is 8.42 Å². The molecule has 0 atom stereocenters. The Morgan fingerprint density at radius 1 is 1.15 bits per heavy atom. The van der Waals surface area contributed by atoms with Crippen LogP contribution in [0.5, 0.6) is 0 Å². The van der Waals surface area contributed by atoms with E-state index in [0.717, 1.165) is 23.9 Å². The fourth-order valence-electron chi connectivity index (χ4n) is 2.92. The Labute approximate surface area is 167 Å². The number of nitrogens with one attached hydrogen (secondary N) is 1. The summed E-state index contributed by atoms with van der Waals surface area (Å²) in [5, 5.41) is 3.85. The molecule has 1 heterocycles. The third-order valence-electron chi connectivity index (χ3n) is 4.39. The first-order chi connectivity index (χ1) is 12.9. The Hall–Kier alpha value is -1.67. The van der Waals surface area contributed by atoms with Gasteiger partial charge in [0.2, 0.25) is 10.0 Å². The van der Waals surface area contributed by atoms with E-state index >= 15 is 0 Å². The minimum atomic E-state index is -3.62. The third-order valence-corrected chi connectivity index (χ3v) is 6.62. The second-order valence-corrected chi connectivity index (χ2v) is 8.83. The first-order valence-electron chi connectivity index (χ1n) is 8.60. The van der Waals surface area contributed by atoms with Crippen molar-refractivity contribution in [2.24, 2.45) is 0 Å². The van der Waals surface area contributed by atoms with Gasteiger partial charge in [0, 0.05) is 6.54 Å². The van der Waals surface area contributed by atoms with Gasteiger partial charge in [-0.1, -0.05) is 34.9 Å². The monoisotopic (exact) mass is 427 g/mol. The van der Waals surface area contributed by atoms with E-state index in [9.17, 15) is 13.2 Å². The van der Waals surface area contributed by atoms with Gasteiger partial charge in [0.15, 0.2) is 0 Å². The van der Waals surface area contributed by atoms with Crippen LogP contribution in [0.2, 0.25) is 10.0 Å². The van der Waals surface area contributed by atoms with E-state index in [-0.39, 0.29) is 14.9 Å². The van der Waals surface area contributed by atoms with E-state index < -0.39 is 15.6 Å². The van der Waals surface area contributed by atoms with Crippen LogP contribution in [0.1, 0.15) is 32.1 Å². The molecular weight excluding hydrogens is 409 g/mol. The van der Waals surface area contributed by atoms with Crippen molar-refractivity contribution in [3.8, 4) is 5.69 Å². The summed E-state index contributed by atoms with van der Waals surface area (Å²) in [7, 11) is -3.62. The van der Waals surface area contributed by atoms with E-state index in [1.807, 2.05) is 0 Å². The fourth-order valence-corrected chi connectivity index (χ4v) is 4.21. The lowest BCUT2D eigenvalue weighted by Gasteiger charge is -2.13. The fraction of sp³-hybridized carbons (Fsp3) is 0.333. The Morgan fingerprint density at radius 3 is 2.56 bits per heavy atom. The minimum Gasteiger partial charge on any atom is -0.266 e. The summed E-state index contributed by atoms with van der Waals surface area (Å²) in [6.07, 6.45) is 8.68. The number of nitrogens with zero attached hydrogens (tertiary/aromatic N) is 2. The van der Waals surface area contributed by atoms with E-state index in [0.29, 0.717) is 12.2 Å². The second-order valence-electron chi connectivity index (χ2n) is 6.27. The molecule has 144 valence electrons. The van der Waals surface area contributed by atoms with Gasteiger partial charge in [-0.05, 0) is 56.4 Å². The molecule has 0 fully saturated rings.